The molecule has 0 aliphatic heterocycles. The first-order valence-electron chi connectivity index (χ1n) is 10.6. The van der Waals surface area contributed by atoms with Gasteiger partial charge >= 0.3 is 0 Å². The molecule has 1 aliphatic rings. The average molecular weight is 383 g/mol. The number of hydrogen-bond donors (Lipinski definition) is 2. The minimum Gasteiger partial charge on any atom is -0.354 e. The number of guanidine groups is 1. The van der Waals surface area contributed by atoms with E-state index in [9.17, 15) is 0 Å². The number of nitrogens with one attached hydrogen (secondary N) is 2. The first-order chi connectivity index (χ1) is 13.7. The molecule has 0 atom stereocenters. The highest BCUT2D eigenvalue weighted by atomic mass is 15.3. The van der Waals surface area contributed by atoms with Crippen molar-refractivity contribution in [2.45, 2.75) is 71.5 Å². The molecule has 0 amide bonds. The summed E-state index contributed by atoms with van der Waals surface area (Å²) in [5.41, 5.74) is 1.21. The number of nitrogens with zero attached hydrogens (tertiary/aromatic N) is 4. The van der Waals surface area contributed by atoms with Crippen LogP contribution in [-0.4, -0.2) is 26.8 Å². The van der Waals surface area contributed by atoms with Gasteiger partial charge in [0.05, 0.1) is 13.1 Å². The van der Waals surface area contributed by atoms with Gasteiger partial charge < -0.3 is 15.2 Å². The lowest BCUT2D eigenvalue weighted by molar-refractivity contribution is 0.294. The smallest absolute Gasteiger partial charge is 0.192 e. The van der Waals surface area contributed by atoms with Crippen LogP contribution in [0.4, 0.5) is 0 Å². The van der Waals surface area contributed by atoms with Gasteiger partial charge in [-0.1, -0.05) is 50.1 Å². The molecule has 152 valence electrons. The molecule has 2 N–H and O–H groups in total. The zero-order chi connectivity index (χ0) is 19.8. The Bertz CT molecular complexity index is 744. The van der Waals surface area contributed by atoms with Crippen LogP contribution in [0.5, 0.6) is 0 Å². The Kier molecular flexibility index (Phi) is 7.46. The molecule has 6 heteroatoms. The van der Waals surface area contributed by atoms with Gasteiger partial charge in [0.25, 0.3) is 0 Å². The van der Waals surface area contributed by atoms with Gasteiger partial charge in [-0.25, -0.2) is 4.99 Å². The molecule has 1 saturated carbocycles. The molecule has 1 aromatic heterocycles. The van der Waals surface area contributed by atoms with E-state index in [0.717, 1.165) is 23.5 Å². The lowest BCUT2D eigenvalue weighted by Gasteiger charge is -2.30. The maximum Gasteiger partial charge on any atom is 0.192 e. The maximum absolute atomic E-state index is 4.83. The number of aliphatic imine (C=N–C) groups is 1. The molecule has 0 unspecified atom stereocenters. The van der Waals surface area contributed by atoms with Crippen molar-refractivity contribution in [1.29, 1.82) is 0 Å². The van der Waals surface area contributed by atoms with Crippen molar-refractivity contribution in [1.82, 2.24) is 25.4 Å². The number of aromatic nitrogens is 3. The van der Waals surface area contributed by atoms with Crippen LogP contribution in [-0.2, 0) is 20.1 Å². The molecule has 3 rings (SSSR count). The van der Waals surface area contributed by atoms with E-state index in [1.54, 1.807) is 0 Å². The molecule has 6 nitrogen and oxygen atoms in total. The van der Waals surface area contributed by atoms with Crippen molar-refractivity contribution in [2.75, 3.05) is 0 Å². The van der Waals surface area contributed by atoms with Crippen molar-refractivity contribution in [3.63, 3.8) is 0 Å². The summed E-state index contributed by atoms with van der Waals surface area (Å²) in [6.45, 7) is 5.53. The predicted molar refractivity (Wildman–Crippen MR) is 114 cm³/mol. The van der Waals surface area contributed by atoms with Crippen LogP contribution in [0.3, 0.4) is 0 Å². The van der Waals surface area contributed by atoms with Crippen LogP contribution in [0, 0.1) is 12.8 Å². The normalized spacial score (nSPS) is 20.2. The third-order valence-electron chi connectivity index (χ3n) is 5.74. The number of aryl methyl sites for hydroxylation is 1. The molecule has 1 aromatic carbocycles. The SMILES string of the molecule is CCCC1CCC(NC(=NCc2ccccc2)NCc2nnc(C)n2C)CC1. The third kappa shape index (κ3) is 5.81. The topological polar surface area (TPSA) is 67.1 Å². The first-order valence-corrected chi connectivity index (χ1v) is 10.6. The van der Waals surface area contributed by atoms with Gasteiger partial charge in [-0.3, -0.25) is 0 Å². The van der Waals surface area contributed by atoms with Gasteiger partial charge in [0, 0.05) is 13.1 Å². The third-order valence-corrected chi connectivity index (χ3v) is 5.74. The summed E-state index contributed by atoms with van der Waals surface area (Å²) >= 11 is 0. The van der Waals surface area contributed by atoms with E-state index in [2.05, 4.69) is 52.0 Å². The van der Waals surface area contributed by atoms with Gasteiger partial charge in [-0.15, -0.1) is 10.2 Å². The van der Waals surface area contributed by atoms with Crippen LogP contribution in [0.15, 0.2) is 35.3 Å². The standard InChI is InChI=1S/C22H34N6/c1-4-8-18-11-13-20(14-12-18)25-22(23-15-19-9-6-5-7-10-19)24-16-21-27-26-17(2)28(21)3/h5-7,9-10,18,20H,4,8,11-16H2,1-3H3,(H2,23,24,25). The van der Waals surface area contributed by atoms with E-state index < -0.39 is 0 Å². The van der Waals surface area contributed by atoms with E-state index in [4.69, 9.17) is 4.99 Å². The van der Waals surface area contributed by atoms with E-state index in [-0.39, 0.29) is 0 Å². The Balaban J connectivity index is 1.61. The first kappa shape index (κ1) is 20.4. The van der Waals surface area contributed by atoms with E-state index in [1.165, 1.54) is 44.1 Å². The fourth-order valence-electron chi connectivity index (χ4n) is 3.87. The second kappa shape index (κ2) is 10.2. The minimum absolute atomic E-state index is 0.497. The monoisotopic (exact) mass is 382 g/mol. The molecule has 0 saturated heterocycles. The Hall–Kier alpha value is -2.37. The molecule has 28 heavy (non-hydrogen) atoms. The van der Waals surface area contributed by atoms with Gasteiger partial charge in [0.15, 0.2) is 11.8 Å². The lowest BCUT2D eigenvalue weighted by Crippen LogP contribution is -2.45. The van der Waals surface area contributed by atoms with Crippen LogP contribution in [0.2, 0.25) is 0 Å². The summed E-state index contributed by atoms with van der Waals surface area (Å²) < 4.78 is 2.01. The Morgan fingerprint density at radius 3 is 2.54 bits per heavy atom. The van der Waals surface area contributed by atoms with Crippen LogP contribution in [0.25, 0.3) is 0 Å². The molecule has 2 aromatic rings. The summed E-state index contributed by atoms with van der Waals surface area (Å²) in [6.07, 6.45) is 7.75. The zero-order valence-electron chi connectivity index (χ0n) is 17.5. The number of hydrogen-bond acceptors (Lipinski definition) is 3. The Morgan fingerprint density at radius 2 is 1.89 bits per heavy atom. The van der Waals surface area contributed by atoms with Crippen molar-refractivity contribution >= 4 is 5.96 Å². The quantitative estimate of drug-likeness (QED) is 0.566. The minimum atomic E-state index is 0.497. The van der Waals surface area contributed by atoms with Gasteiger partial charge in [-0.05, 0) is 44.1 Å². The van der Waals surface area contributed by atoms with Crippen molar-refractivity contribution < 1.29 is 0 Å². The number of benzene rings is 1. The van der Waals surface area contributed by atoms with Gasteiger partial charge in [0.1, 0.15) is 5.82 Å². The van der Waals surface area contributed by atoms with Crippen molar-refractivity contribution in [3.8, 4) is 0 Å². The second-order valence-electron chi connectivity index (χ2n) is 7.88. The summed E-state index contributed by atoms with van der Waals surface area (Å²) in [7, 11) is 2.00. The summed E-state index contributed by atoms with van der Waals surface area (Å²) in [5, 5.41) is 15.5. The lowest BCUT2D eigenvalue weighted by atomic mass is 9.83. The average Bonchev–Trinajstić information content (AvgIpc) is 3.04. The summed E-state index contributed by atoms with van der Waals surface area (Å²) in [5.74, 6) is 3.60. The molecule has 1 aliphatic carbocycles. The van der Waals surface area contributed by atoms with Crippen molar-refractivity contribution in [2.24, 2.45) is 18.0 Å². The fraction of sp³-hybridized carbons (Fsp3) is 0.591. The second-order valence-corrected chi connectivity index (χ2v) is 7.88. The highest BCUT2D eigenvalue weighted by molar-refractivity contribution is 5.80. The zero-order valence-corrected chi connectivity index (χ0v) is 17.5. The van der Waals surface area contributed by atoms with Crippen molar-refractivity contribution in [3.05, 3.63) is 47.5 Å². The molecule has 0 bridgehead atoms. The molecule has 1 fully saturated rings. The Morgan fingerprint density at radius 1 is 1.14 bits per heavy atom. The summed E-state index contributed by atoms with van der Waals surface area (Å²) in [4.78, 5) is 4.83. The van der Waals surface area contributed by atoms with Crippen LogP contribution >= 0.6 is 0 Å². The maximum atomic E-state index is 4.83. The van der Waals surface area contributed by atoms with Gasteiger partial charge in [0.2, 0.25) is 0 Å². The Labute approximate surface area is 168 Å². The molecule has 1 heterocycles. The highest BCUT2D eigenvalue weighted by Crippen LogP contribution is 2.27. The summed E-state index contributed by atoms with van der Waals surface area (Å²) in [6, 6.07) is 10.9. The largest absolute Gasteiger partial charge is 0.354 e. The number of rotatable bonds is 7. The van der Waals surface area contributed by atoms with E-state index in [0.29, 0.717) is 19.1 Å². The van der Waals surface area contributed by atoms with E-state index >= 15 is 0 Å². The van der Waals surface area contributed by atoms with Crippen LogP contribution in [0.1, 0.15) is 62.7 Å². The molecular weight excluding hydrogens is 348 g/mol. The van der Waals surface area contributed by atoms with E-state index in [1.807, 2.05) is 24.6 Å². The predicted octanol–water partition coefficient (Wildman–Crippen LogP) is 3.72. The molecular formula is C22H34N6. The van der Waals surface area contributed by atoms with Crippen LogP contribution < -0.4 is 10.6 Å². The molecule has 0 radical (unpaired) electrons. The highest BCUT2D eigenvalue weighted by Gasteiger charge is 2.21. The van der Waals surface area contributed by atoms with Gasteiger partial charge in [-0.2, -0.15) is 0 Å². The fourth-order valence-corrected chi connectivity index (χ4v) is 3.87. The molecule has 0 spiro atoms.